The number of ether oxygens (including phenoxy) is 1. The lowest BCUT2D eigenvalue weighted by molar-refractivity contribution is 0.135. The van der Waals surface area contributed by atoms with Crippen LogP contribution in [0.3, 0.4) is 0 Å². The highest BCUT2D eigenvalue weighted by Gasteiger charge is 2.42. The first kappa shape index (κ1) is 11.4. The Morgan fingerprint density at radius 1 is 1.13 bits per heavy atom. The minimum absolute atomic E-state index is 0.543. The molecule has 0 bridgehead atoms. The Kier molecular flexibility index (Phi) is 3.68. The van der Waals surface area contributed by atoms with E-state index in [1.807, 2.05) is 0 Å². The molecule has 0 amide bonds. The smallest absolute Gasteiger partial charge is 0.0618 e. The average Bonchev–Trinajstić information content (AvgIpc) is 3.02. The summed E-state index contributed by atoms with van der Waals surface area (Å²) in [5.41, 5.74) is 0. The zero-order valence-corrected chi connectivity index (χ0v) is 10.3. The second kappa shape index (κ2) is 4.84. The van der Waals surface area contributed by atoms with Gasteiger partial charge < -0.3 is 10.1 Å². The standard InChI is InChI=1S/C13H25NO/c1-9(2)12(8-15-3)14-13(10-4-5-10)11-6-7-11/h9-14H,4-8H2,1-3H3. The van der Waals surface area contributed by atoms with Gasteiger partial charge in [-0.3, -0.25) is 0 Å². The van der Waals surface area contributed by atoms with E-state index in [9.17, 15) is 0 Å². The van der Waals surface area contributed by atoms with E-state index in [0.717, 1.165) is 24.5 Å². The summed E-state index contributed by atoms with van der Waals surface area (Å²) < 4.78 is 5.30. The maximum Gasteiger partial charge on any atom is 0.0618 e. The van der Waals surface area contributed by atoms with E-state index in [1.54, 1.807) is 7.11 Å². The lowest BCUT2D eigenvalue weighted by Gasteiger charge is -2.28. The Labute approximate surface area is 93.8 Å². The van der Waals surface area contributed by atoms with Crippen LogP contribution in [0.4, 0.5) is 0 Å². The summed E-state index contributed by atoms with van der Waals surface area (Å²) in [5.74, 6) is 2.64. The summed E-state index contributed by atoms with van der Waals surface area (Å²) in [5, 5.41) is 3.85. The van der Waals surface area contributed by atoms with Gasteiger partial charge in [-0.2, -0.15) is 0 Å². The molecule has 2 aliphatic carbocycles. The van der Waals surface area contributed by atoms with Crippen molar-refractivity contribution in [3.05, 3.63) is 0 Å². The van der Waals surface area contributed by atoms with Crippen molar-refractivity contribution in [2.24, 2.45) is 17.8 Å². The molecule has 2 nitrogen and oxygen atoms in total. The van der Waals surface area contributed by atoms with Gasteiger partial charge in [-0.15, -0.1) is 0 Å². The second-order valence-electron chi connectivity index (χ2n) is 5.67. The highest BCUT2D eigenvalue weighted by molar-refractivity contribution is 4.97. The first-order valence-electron chi connectivity index (χ1n) is 6.47. The molecule has 88 valence electrons. The van der Waals surface area contributed by atoms with Crippen LogP contribution in [-0.2, 0) is 4.74 Å². The van der Waals surface area contributed by atoms with Gasteiger partial charge in [-0.25, -0.2) is 0 Å². The number of methoxy groups -OCH3 is 1. The topological polar surface area (TPSA) is 21.3 Å². The molecule has 2 rings (SSSR count). The highest BCUT2D eigenvalue weighted by Crippen LogP contribution is 2.44. The van der Waals surface area contributed by atoms with Gasteiger partial charge in [0, 0.05) is 19.2 Å². The fourth-order valence-electron chi connectivity index (χ4n) is 2.43. The molecule has 15 heavy (non-hydrogen) atoms. The van der Waals surface area contributed by atoms with E-state index in [2.05, 4.69) is 19.2 Å². The van der Waals surface area contributed by atoms with E-state index < -0.39 is 0 Å². The van der Waals surface area contributed by atoms with Gasteiger partial charge in [-0.1, -0.05) is 13.8 Å². The van der Waals surface area contributed by atoms with Crippen LogP contribution in [0.15, 0.2) is 0 Å². The van der Waals surface area contributed by atoms with Crippen LogP contribution in [0.1, 0.15) is 39.5 Å². The van der Waals surface area contributed by atoms with Crippen LogP contribution >= 0.6 is 0 Å². The molecule has 2 heteroatoms. The maximum atomic E-state index is 5.30. The molecule has 2 aliphatic rings. The van der Waals surface area contributed by atoms with Gasteiger partial charge in [0.1, 0.15) is 0 Å². The third kappa shape index (κ3) is 3.18. The zero-order valence-electron chi connectivity index (χ0n) is 10.3. The molecule has 0 spiro atoms. The van der Waals surface area contributed by atoms with Crippen molar-refractivity contribution >= 4 is 0 Å². The zero-order chi connectivity index (χ0) is 10.8. The molecule has 2 fully saturated rings. The Bertz CT molecular complexity index is 185. The molecule has 0 aromatic heterocycles. The first-order chi connectivity index (χ1) is 7.22. The molecule has 1 atom stereocenters. The van der Waals surface area contributed by atoms with Crippen LogP contribution < -0.4 is 5.32 Å². The molecular formula is C13H25NO. The maximum absolute atomic E-state index is 5.30. The van der Waals surface area contributed by atoms with Crippen LogP contribution in [0.2, 0.25) is 0 Å². The van der Waals surface area contributed by atoms with Crippen molar-refractivity contribution in [1.29, 1.82) is 0 Å². The normalized spacial score (nSPS) is 23.8. The van der Waals surface area contributed by atoms with Crippen LogP contribution in [0.25, 0.3) is 0 Å². The summed E-state index contributed by atoms with van der Waals surface area (Å²) in [7, 11) is 1.81. The van der Waals surface area contributed by atoms with Crippen molar-refractivity contribution in [1.82, 2.24) is 5.32 Å². The summed E-state index contributed by atoms with van der Waals surface area (Å²) in [6.45, 7) is 5.43. The lowest BCUT2D eigenvalue weighted by Crippen LogP contribution is -2.46. The molecule has 0 heterocycles. The largest absolute Gasteiger partial charge is 0.383 e. The molecule has 2 saturated carbocycles. The molecule has 0 aromatic rings. The van der Waals surface area contributed by atoms with Crippen LogP contribution in [0.5, 0.6) is 0 Å². The molecule has 0 saturated heterocycles. The lowest BCUT2D eigenvalue weighted by atomic mass is 10.0. The summed E-state index contributed by atoms with van der Waals surface area (Å²) in [6, 6.07) is 1.34. The number of hydrogen-bond acceptors (Lipinski definition) is 2. The van der Waals surface area contributed by atoms with Gasteiger partial charge in [-0.05, 0) is 43.4 Å². The highest BCUT2D eigenvalue weighted by atomic mass is 16.5. The van der Waals surface area contributed by atoms with Crippen molar-refractivity contribution < 1.29 is 4.74 Å². The van der Waals surface area contributed by atoms with E-state index in [0.29, 0.717) is 12.0 Å². The van der Waals surface area contributed by atoms with Crippen molar-refractivity contribution in [2.75, 3.05) is 13.7 Å². The second-order valence-corrected chi connectivity index (χ2v) is 5.67. The van der Waals surface area contributed by atoms with Gasteiger partial charge in [0.15, 0.2) is 0 Å². The minimum atomic E-state index is 0.543. The predicted molar refractivity (Wildman–Crippen MR) is 62.9 cm³/mol. The van der Waals surface area contributed by atoms with E-state index in [4.69, 9.17) is 4.74 Å². The van der Waals surface area contributed by atoms with Crippen molar-refractivity contribution in [3.63, 3.8) is 0 Å². The van der Waals surface area contributed by atoms with Gasteiger partial charge in [0.2, 0.25) is 0 Å². The van der Waals surface area contributed by atoms with E-state index in [-0.39, 0.29) is 0 Å². The summed E-state index contributed by atoms with van der Waals surface area (Å²) in [6.07, 6.45) is 5.80. The minimum Gasteiger partial charge on any atom is -0.383 e. The van der Waals surface area contributed by atoms with Gasteiger partial charge in [0.25, 0.3) is 0 Å². The Morgan fingerprint density at radius 3 is 2.00 bits per heavy atom. The van der Waals surface area contributed by atoms with Crippen molar-refractivity contribution in [2.45, 2.75) is 51.6 Å². The van der Waals surface area contributed by atoms with Crippen LogP contribution in [0, 0.1) is 17.8 Å². The Balaban J connectivity index is 1.84. The van der Waals surface area contributed by atoms with Gasteiger partial charge >= 0.3 is 0 Å². The third-order valence-corrected chi connectivity index (χ3v) is 3.82. The SMILES string of the molecule is COCC(NC(C1CC1)C1CC1)C(C)C. The third-order valence-electron chi connectivity index (χ3n) is 3.82. The molecule has 0 radical (unpaired) electrons. The number of rotatable bonds is 7. The van der Waals surface area contributed by atoms with Crippen LogP contribution in [-0.4, -0.2) is 25.8 Å². The Morgan fingerprint density at radius 2 is 1.67 bits per heavy atom. The number of nitrogens with one attached hydrogen (secondary N) is 1. The fraction of sp³-hybridized carbons (Fsp3) is 1.00. The van der Waals surface area contributed by atoms with Crippen molar-refractivity contribution in [3.8, 4) is 0 Å². The molecule has 0 aliphatic heterocycles. The molecule has 1 unspecified atom stereocenters. The van der Waals surface area contributed by atoms with E-state index >= 15 is 0 Å². The summed E-state index contributed by atoms with van der Waals surface area (Å²) in [4.78, 5) is 0. The Hall–Kier alpha value is -0.0800. The first-order valence-corrected chi connectivity index (χ1v) is 6.47. The molecular weight excluding hydrogens is 186 g/mol. The predicted octanol–water partition coefficient (Wildman–Crippen LogP) is 2.44. The quantitative estimate of drug-likeness (QED) is 0.698. The molecule has 1 N–H and O–H groups in total. The fourth-order valence-corrected chi connectivity index (χ4v) is 2.43. The van der Waals surface area contributed by atoms with E-state index in [1.165, 1.54) is 25.7 Å². The number of hydrogen-bond donors (Lipinski definition) is 1. The summed E-state index contributed by atoms with van der Waals surface area (Å²) >= 11 is 0. The monoisotopic (exact) mass is 211 g/mol. The molecule has 0 aromatic carbocycles. The van der Waals surface area contributed by atoms with Gasteiger partial charge in [0.05, 0.1) is 6.61 Å². The average molecular weight is 211 g/mol.